The zero-order chi connectivity index (χ0) is 15.9. The average molecular weight is 305 g/mol. The van der Waals surface area contributed by atoms with Crippen LogP contribution < -0.4 is 19.5 Å². The average Bonchev–Trinajstić information content (AvgIpc) is 2.54. The van der Waals surface area contributed by atoms with Gasteiger partial charge in [0.1, 0.15) is 11.6 Å². The molecule has 22 heavy (non-hydrogen) atoms. The van der Waals surface area contributed by atoms with Gasteiger partial charge in [0, 0.05) is 11.8 Å². The summed E-state index contributed by atoms with van der Waals surface area (Å²) in [6, 6.07) is 10.5. The van der Waals surface area contributed by atoms with E-state index in [9.17, 15) is 9.18 Å². The van der Waals surface area contributed by atoms with Crippen LogP contribution in [0, 0.1) is 5.82 Å². The van der Waals surface area contributed by atoms with Crippen molar-refractivity contribution in [3.8, 4) is 17.2 Å². The number of methoxy groups -OCH3 is 2. The van der Waals surface area contributed by atoms with E-state index >= 15 is 0 Å². The van der Waals surface area contributed by atoms with Gasteiger partial charge in [-0.25, -0.2) is 4.39 Å². The van der Waals surface area contributed by atoms with Crippen molar-refractivity contribution in [2.75, 3.05) is 26.1 Å². The number of nitrogens with one attached hydrogen (secondary N) is 1. The first-order valence-electron chi connectivity index (χ1n) is 6.52. The Labute approximate surface area is 127 Å². The molecule has 0 aliphatic carbocycles. The zero-order valence-electron chi connectivity index (χ0n) is 12.3. The van der Waals surface area contributed by atoms with Crippen LogP contribution in [-0.2, 0) is 4.79 Å². The van der Waals surface area contributed by atoms with Crippen LogP contribution in [0.15, 0.2) is 42.5 Å². The van der Waals surface area contributed by atoms with Gasteiger partial charge in [0.25, 0.3) is 5.91 Å². The van der Waals surface area contributed by atoms with Gasteiger partial charge >= 0.3 is 0 Å². The molecule has 0 saturated carbocycles. The molecular formula is C16H16FNO4. The van der Waals surface area contributed by atoms with E-state index in [2.05, 4.69) is 5.32 Å². The maximum absolute atomic E-state index is 12.7. The maximum Gasteiger partial charge on any atom is 0.262 e. The summed E-state index contributed by atoms with van der Waals surface area (Å²) in [7, 11) is 3.05. The topological polar surface area (TPSA) is 56.8 Å². The molecule has 0 aliphatic rings. The number of anilines is 1. The SMILES string of the molecule is COc1ccc(NC(=O)COc2ccc(F)cc2)cc1OC. The van der Waals surface area contributed by atoms with Crippen LogP contribution in [0.3, 0.4) is 0 Å². The Morgan fingerprint density at radius 2 is 1.73 bits per heavy atom. The summed E-state index contributed by atoms with van der Waals surface area (Å²) in [5, 5.41) is 2.68. The smallest absolute Gasteiger partial charge is 0.262 e. The lowest BCUT2D eigenvalue weighted by Gasteiger charge is -2.11. The molecule has 0 spiro atoms. The maximum atomic E-state index is 12.7. The van der Waals surface area contributed by atoms with Crippen LogP contribution >= 0.6 is 0 Å². The number of benzene rings is 2. The van der Waals surface area contributed by atoms with Crippen molar-refractivity contribution in [3.63, 3.8) is 0 Å². The molecule has 0 aromatic heterocycles. The second kappa shape index (κ2) is 7.31. The highest BCUT2D eigenvalue weighted by molar-refractivity contribution is 5.92. The number of carbonyl (C=O) groups excluding carboxylic acids is 1. The summed E-state index contributed by atoms with van der Waals surface area (Å²) in [6.07, 6.45) is 0. The first-order chi connectivity index (χ1) is 10.6. The highest BCUT2D eigenvalue weighted by atomic mass is 19.1. The van der Waals surface area contributed by atoms with Crippen LogP contribution in [0.25, 0.3) is 0 Å². The van der Waals surface area contributed by atoms with Crippen molar-refractivity contribution in [1.82, 2.24) is 0 Å². The molecule has 1 N–H and O–H groups in total. The van der Waals surface area contributed by atoms with E-state index in [1.165, 1.54) is 38.5 Å². The normalized spacial score (nSPS) is 9.95. The number of hydrogen-bond acceptors (Lipinski definition) is 4. The molecule has 0 bridgehead atoms. The minimum atomic E-state index is -0.359. The van der Waals surface area contributed by atoms with E-state index < -0.39 is 0 Å². The molecule has 0 radical (unpaired) electrons. The van der Waals surface area contributed by atoms with E-state index in [0.29, 0.717) is 22.9 Å². The van der Waals surface area contributed by atoms with Crippen molar-refractivity contribution in [1.29, 1.82) is 0 Å². The Balaban J connectivity index is 1.93. The minimum Gasteiger partial charge on any atom is -0.493 e. The predicted molar refractivity (Wildman–Crippen MR) is 80.1 cm³/mol. The van der Waals surface area contributed by atoms with E-state index in [1.807, 2.05) is 0 Å². The fourth-order valence-corrected chi connectivity index (χ4v) is 1.79. The molecule has 0 aliphatic heterocycles. The third-order valence-corrected chi connectivity index (χ3v) is 2.85. The first kappa shape index (κ1) is 15.6. The van der Waals surface area contributed by atoms with Gasteiger partial charge in [-0.15, -0.1) is 0 Å². The number of halogens is 1. The van der Waals surface area contributed by atoms with Gasteiger partial charge in [0.05, 0.1) is 14.2 Å². The Morgan fingerprint density at radius 3 is 2.36 bits per heavy atom. The van der Waals surface area contributed by atoms with Crippen molar-refractivity contribution >= 4 is 11.6 Å². The number of hydrogen-bond donors (Lipinski definition) is 1. The van der Waals surface area contributed by atoms with Crippen molar-refractivity contribution in [2.45, 2.75) is 0 Å². The fraction of sp³-hybridized carbons (Fsp3) is 0.188. The molecule has 2 aromatic carbocycles. The van der Waals surface area contributed by atoms with Gasteiger partial charge in [-0.05, 0) is 36.4 Å². The summed E-state index contributed by atoms with van der Waals surface area (Å²) >= 11 is 0. The fourth-order valence-electron chi connectivity index (χ4n) is 1.79. The molecule has 2 aromatic rings. The summed E-state index contributed by atoms with van der Waals surface area (Å²) in [5.41, 5.74) is 0.561. The van der Waals surface area contributed by atoms with Crippen LogP contribution in [0.4, 0.5) is 10.1 Å². The predicted octanol–water partition coefficient (Wildman–Crippen LogP) is 2.86. The van der Waals surface area contributed by atoms with E-state index in [-0.39, 0.29) is 18.3 Å². The Kier molecular flexibility index (Phi) is 5.19. The summed E-state index contributed by atoms with van der Waals surface area (Å²) in [6.45, 7) is -0.181. The summed E-state index contributed by atoms with van der Waals surface area (Å²) in [5.74, 6) is 0.811. The van der Waals surface area contributed by atoms with E-state index in [1.54, 1.807) is 18.2 Å². The molecule has 1 amide bonds. The highest BCUT2D eigenvalue weighted by Crippen LogP contribution is 2.29. The lowest BCUT2D eigenvalue weighted by molar-refractivity contribution is -0.118. The van der Waals surface area contributed by atoms with Gasteiger partial charge in [-0.3, -0.25) is 4.79 Å². The molecule has 116 valence electrons. The first-order valence-corrected chi connectivity index (χ1v) is 6.52. The Bertz CT molecular complexity index is 643. The zero-order valence-corrected chi connectivity index (χ0v) is 12.3. The third-order valence-electron chi connectivity index (χ3n) is 2.85. The Hall–Kier alpha value is -2.76. The molecule has 0 atom stereocenters. The number of rotatable bonds is 6. The molecule has 0 unspecified atom stereocenters. The van der Waals surface area contributed by atoms with E-state index in [4.69, 9.17) is 14.2 Å². The largest absolute Gasteiger partial charge is 0.493 e. The van der Waals surface area contributed by atoms with Gasteiger partial charge in [-0.2, -0.15) is 0 Å². The summed E-state index contributed by atoms with van der Waals surface area (Å²) < 4.78 is 28.3. The Morgan fingerprint density at radius 1 is 1.05 bits per heavy atom. The second-order valence-corrected chi connectivity index (χ2v) is 4.36. The number of amides is 1. The molecule has 0 fully saturated rings. The number of carbonyl (C=O) groups is 1. The van der Waals surface area contributed by atoms with Crippen LogP contribution in [0.1, 0.15) is 0 Å². The van der Waals surface area contributed by atoms with Gasteiger partial charge in [-0.1, -0.05) is 0 Å². The van der Waals surface area contributed by atoms with Gasteiger partial charge in [0.15, 0.2) is 18.1 Å². The van der Waals surface area contributed by atoms with Crippen LogP contribution in [-0.4, -0.2) is 26.7 Å². The second-order valence-electron chi connectivity index (χ2n) is 4.36. The molecule has 6 heteroatoms. The summed E-state index contributed by atoms with van der Waals surface area (Å²) in [4.78, 5) is 11.8. The highest BCUT2D eigenvalue weighted by Gasteiger charge is 2.08. The quantitative estimate of drug-likeness (QED) is 0.891. The molecule has 5 nitrogen and oxygen atoms in total. The van der Waals surface area contributed by atoms with Crippen LogP contribution in [0.2, 0.25) is 0 Å². The lowest BCUT2D eigenvalue weighted by Crippen LogP contribution is -2.20. The monoisotopic (exact) mass is 305 g/mol. The molecule has 0 heterocycles. The molecular weight excluding hydrogens is 289 g/mol. The van der Waals surface area contributed by atoms with Crippen LogP contribution in [0.5, 0.6) is 17.2 Å². The van der Waals surface area contributed by atoms with Crippen molar-refractivity contribution in [2.24, 2.45) is 0 Å². The van der Waals surface area contributed by atoms with E-state index in [0.717, 1.165) is 0 Å². The molecule has 0 saturated heterocycles. The third kappa shape index (κ3) is 4.12. The van der Waals surface area contributed by atoms with Gasteiger partial charge < -0.3 is 19.5 Å². The standard InChI is InChI=1S/C16H16FNO4/c1-20-14-8-5-12(9-15(14)21-2)18-16(19)10-22-13-6-3-11(17)4-7-13/h3-9H,10H2,1-2H3,(H,18,19). The van der Waals surface area contributed by atoms with Crippen molar-refractivity contribution in [3.05, 3.63) is 48.3 Å². The van der Waals surface area contributed by atoms with Gasteiger partial charge in [0.2, 0.25) is 0 Å². The minimum absolute atomic E-state index is 0.181. The van der Waals surface area contributed by atoms with Crippen molar-refractivity contribution < 1.29 is 23.4 Å². The molecule has 2 rings (SSSR count). The lowest BCUT2D eigenvalue weighted by atomic mass is 10.2. The number of ether oxygens (including phenoxy) is 3.